The first-order valence-corrected chi connectivity index (χ1v) is 6.41. The van der Waals surface area contributed by atoms with Crippen LogP contribution in [-0.2, 0) is 0 Å². The van der Waals surface area contributed by atoms with Gasteiger partial charge in [-0.3, -0.25) is 14.9 Å². The van der Waals surface area contributed by atoms with E-state index in [0.717, 1.165) is 19.4 Å². The van der Waals surface area contributed by atoms with Crippen molar-refractivity contribution in [1.29, 1.82) is 0 Å². The molecule has 102 valence electrons. The van der Waals surface area contributed by atoms with Gasteiger partial charge in [0, 0.05) is 23.7 Å². The SMILES string of the molecule is O=C(NCC1CCCN1)c1cc(Cl)ccc1[N+](=O)[O-]. The summed E-state index contributed by atoms with van der Waals surface area (Å²) in [6, 6.07) is 4.19. The van der Waals surface area contributed by atoms with Crippen molar-refractivity contribution < 1.29 is 9.72 Å². The Labute approximate surface area is 115 Å². The van der Waals surface area contributed by atoms with Crippen LogP contribution in [0.15, 0.2) is 18.2 Å². The van der Waals surface area contributed by atoms with Crippen molar-refractivity contribution in [3.8, 4) is 0 Å². The van der Waals surface area contributed by atoms with Gasteiger partial charge < -0.3 is 10.6 Å². The van der Waals surface area contributed by atoms with E-state index in [2.05, 4.69) is 10.6 Å². The van der Waals surface area contributed by atoms with E-state index in [4.69, 9.17) is 11.6 Å². The largest absolute Gasteiger partial charge is 0.350 e. The normalized spacial score (nSPS) is 18.3. The molecule has 1 saturated heterocycles. The molecule has 0 aliphatic carbocycles. The highest BCUT2D eigenvalue weighted by Crippen LogP contribution is 2.22. The summed E-state index contributed by atoms with van der Waals surface area (Å²) < 4.78 is 0. The molecule has 0 radical (unpaired) electrons. The fourth-order valence-electron chi connectivity index (χ4n) is 2.09. The Kier molecular flexibility index (Phi) is 4.34. The summed E-state index contributed by atoms with van der Waals surface area (Å²) in [7, 11) is 0. The molecular formula is C12H14ClN3O3. The lowest BCUT2D eigenvalue weighted by Gasteiger charge is -2.11. The van der Waals surface area contributed by atoms with Gasteiger partial charge in [-0.1, -0.05) is 11.6 Å². The number of hydrogen-bond donors (Lipinski definition) is 2. The first-order valence-electron chi connectivity index (χ1n) is 6.03. The molecule has 1 amide bonds. The molecular weight excluding hydrogens is 270 g/mol. The Bertz CT molecular complexity index is 501. The zero-order valence-electron chi connectivity index (χ0n) is 10.2. The molecule has 19 heavy (non-hydrogen) atoms. The number of carbonyl (C=O) groups is 1. The molecule has 2 N–H and O–H groups in total. The Hall–Kier alpha value is -1.66. The van der Waals surface area contributed by atoms with Crippen LogP contribution < -0.4 is 10.6 Å². The number of halogens is 1. The predicted octanol–water partition coefficient (Wildman–Crippen LogP) is 1.73. The molecule has 1 atom stereocenters. The van der Waals surface area contributed by atoms with Gasteiger partial charge in [-0.15, -0.1) is 0 Å². The zero-order valence-corrected chi connectivity index (χ0v) is 10.9. The van der Waals surface area contributed by atoms with Crippen molar-refractivity contribution in [2.24, 2.45) is 0 Å². The second-order valence-electron chi connectivity index (χ2n) is 4.42. The Morgan fingerprint density at radius 1 is 1.58 bits per heavy atom. The predicted molar refractivity (Wildman–Crippen MR) is 71.5 cm³/mol. The number of nitro groups is 1. The molecule has 1 aromatic carbocycles. The minimum Gasteiger partial charge on any atom is -0.350 e. The summed E-state index contributed by atoms with van der Waals surface area (Å²) in [6.07, 6.45) is 2.08. The smallest absolute Gasteiger partial charge is 0.282 e. The molecule has 0 saturated carbocycles. The van der Waals surface area contributed by atoms with Crippen LogP contribution in [0.1, 0.15) is 23.2 Å². The van der Waals surface area contributed by atoms with Gasteiger partial charge in [0.15, 0.2) is 0 Å². The average Bonchev–Trinajstić information content (AvgIpc) is 2.88. The maximum atomic E-state index is 12.0. The molecule has 1 unspecified atom stereocenters. The highest BCUT2D eigenvalue weighted by molar-refractivity contribution is 6.31. The Morgan fingerprint density at radius 3 is 3.00 bits per heavy atom. The van der Waals surface area contributed by atoms with E-state index < -0.39 is 10.8 Å². The third-order valence-electron chi connectivity index (χ3n) is 3.07. The minimum absolute atomic E-state index is 0.00417. The first-order chi connectivity index (χ1) is 9.08. The van der Waals surface area contributed by atoms with Crippen molar-refractivity contribution >= 4 is 23.2 Å². The second kappa shape index (κ2) is 5.99. The number of nitro benzene ring substituents is 1. The van der Waals surface area contributed by atoms with Gasteiger partial charge in [0.1, 0.15) is 5.56 Å². The number of nitrogens with one attached hydrogen (secondary N) is 2. The number of hydrogen-bond acceptors (Lipinski definition) is 4. The summed E-state index contributed by atoms with van der Waals surface area (Å²) in [4.78, 5) is 22.3. The molecule has 0 bridgehead atoms. The third kappa shape index (κ3) is 3.42. The summed E-state index contributed by atoms with van der Waals surface area (Å²) in [5, 5.41) is 17.1. The van der Waals surface area contributed by atoms with Crippen molar-refractivity contribution in [3.05, 3.63) is 38.9 Å². The lowest BCUT2D eigenvalue weighted by Crippen LogP contribution is -2.37. The molecule has 1 fully saturated rings. The maximum Gasteiger partial charge on any atom is 0.282 e. The van der Waals surface area contributed by atoms with Crippen molar-refractivity contribution in [2.75, 3.05) is 13.1 Å². The fraction of sp³-hybridized carbons (Fsp3) is 0.417. The van der Waals surface area contributed by atoms with Crippen molar-refractivity contribution in [3.63, 3.8) is 0 Å². The topological polar surface area (TPSA) is 84.3 Å². The molecule has 1 aliphatic rings. The summed E-state index contributed by atoms with van der Waals surface area (Å²) in [5.74, 6) is -0.470. The van der Waals surface area contributed by atoms with Gasteiger partial charge in [-0.2, -0.15) is 0 Å². The Morgan fingerprint density at radius 2 is 2.37 bits per heavy atom. The molecule has 1 aliphatic heterocycles. The van der Waals surface area contributed by atoms with E-state index in [1.54, 1.807) is 0 Å². The number of nitrogens with zero attached hydrogens (tertiary/aromatic N) is 1. The molecule has 1 aromatic rings. The van der Waals surface area contributed by atoms with Gasteiger partial charge in [0.05, 0.1) is 4.92 Å². The quantitative estimate of drug-likeness (QED) is 0.651. The van der Waals surface area contributed by atoms with Crippen LogP contribution in [-0.4, -0.2) is 30.0 Å². The summed E-state index contributed by atoms with van der Waals surface area (Å²) in [6.45, 7) is 1.40. The molecule has 6 nitrogen and oxygen atoms in total. The van der Waals surface area contributed by atoms with Crippen LogP contribution in [0.25, 0.3) is 0 Å². The number of amides is 1. The minimum atomic E-state index is -0.584. The number of benzene rings is 1. The van der Waals surface area contributed by atoms with Crippen molar-refractivity contribution in [2.45, 2.75) is 18.9 Å². The van der Waals surface area contributed by atoms with Gasteiger partial charge in [-0.25, -0.2) is 0 Å². The number of rotatable bonds is 4. The molecule has 0 aromatic heterocycles. The van der Waals surface area contributed by atoms with Crippen LogP contribution in [0.4, 0.5) is 5.69 Å². The van der Waals surface area contributed by atoms with Crippen LogP contribution in [0.5, 0.6) is 0 Å². The zero-order chi connectivity index (χ0) is 13.8. The standard InChI is InChI=1S/C12H14ClN3O3/c13-8-3-4-11(16(18)19)10(6-8)12(17)15-7-9-2-1-5-14-9/h3-4,6,9,14H,1-2,5,7H2,(H,15,17). The van der Waals surface area contributed by atoms with Crippen LogP contribution in [0.3, 0.4) is 0 Å². The maximum absolute atomic E-state index is 12.0. The van der Waals surface area contributed by atoms with E-state index >= 15 is 0 Å². The highest BCUT2D eigenvalue weighted by atomic mass is 35.5. The molecule has 7 heteroatoms. The van der Waals surface area contributed by atoms with E-state index in [1.807, 2.05) is 0 Å². The van der Waals surface area contributed by atoms with Gasteiger partial charge in [0.2, 0.25) is 0 Å². The van der Waals surface area contributed by atoms with Crippen LogP contribution >= 0.6 is 11.6 Å². The monoisotopic (exact) mass is 283 g/mol. The number of carbonyl (C=O) groups excluding carboxylic acids is 1. The van der Waals surface area contributed by atoms with E-state index in [1.165, 1.54) is 18.2 Å². The summed E-state index contributed by atoms with van der Waals surface area (Å²) >= 11 is 5.78. The van der Waals surface area contributed by atoms with Gasteiger partial charge in [0.25, 0.3) is 11.6 Å². The molecule has 0 spiro atoms. The van der Waals surface area contributed by atoms with Crippen LogP contribution in [0, 0.1) is 10.1 Å². The molecule has 1 heterocycles. The van der Waals surface area contributed by atoms with Crippen molar-refractivity contribution in [1.82, 2.24) is 10.6 Å². The summed E-state index contributed by atoms with van der Waals surface area (Å²) in [5.41, 5.74) is -0.239. The van der Waals surface area contributed by atoms with E-state index in [0.29, 0.717) is 11.6 Å². The van der Waals surface area contributed by atoms with Crippen LogP contribution in [0.2, 0.25) is 5.02 Å². The van der Waals surface area contributed by atoms with Gasteiger partial charge >= 0.3 is 0 Å². The van der Waals surface area contributed by atoms with Gasteiger partial charge in [-0.05, 0) is 31.5 Å². The lowest BCUT2D eigenvalue weighted by atomic mass is 10.1. The van der Waals surface area contributed by atoms with E-state index in [9.17, 15) is 14.9 Å². The van der Waals surface area contributed by atoms with E-state index in [-0.39, 0.29) is 17.3 Å². The first kappa shape index (κ1) is 13.8. The Balaban J connectivity index is 2.08. The third-order valence-corrected chi connectivity index (χ3v) is 3.31. The lowest BCUT2D eigenvalue weighted by molar-refractivity contribution is -0.385. The highest BCUT2D eigenvalue weighted by Gasteiger charge is 2.22. The average molecular weight is 284 g/mol. The fourth-order valence-corrected chi connectivity index (χ4v) is 2.26. The second-order valence-corrected chi connectivity index (χ2v) is 4.86. The molecule has 2 rings (SSSR count).